The Morgan fingerprint density at radius 1 is 1.26 bits per heavy atom. The molecule has 27 heavy (non-hydrogen) atoms. The highest BCUT2D eigenvalue weighted by molar-refractivity contribution is 5.92. The average Bonchev–Trinajstić information content (AvgIpc) is 3.34. The van der Waals surface area contributed by atoms with Crippen LogP contribution in [0.25, 0.3) is 0 Å². The third kappa shape index (κ3) is 3.86. The average molecular weight is 376 g/mol. The smallest absolute Gasteiger partial charge is 0.272 e. The van der Waals surface area contributed by atoms with E-state index in [9.17, 15) is 13.6 Å². The number of hydrogen-bond acceptors (Lipinski definition) is 4. The van der Waals surface area contributed by atoms with Crippen LogP contribution in [0.2, 0.25) is 0 Å². The second-order valence-corrected chi connectivity index (χ2v) is 7.01. The molecule has 1 amide bonds. The summed E-state index contributed by atoms with van der Waals surface area (Å²) in [4.78, 5) is 12.6. The molecule has 0 bridgehead atoms. The first-order valence-electron chi connectivity index (χ1n) is 9.25. The summed E-state index contributed by atoms with van der Waals surface area (Å²) in [6.07, 6.45) is 4.03. The Morgan fingerprint density at radius 3 is 2.93 bits per heavy atom. The van der Waals surface area contributed by atoms with E-state index in [-0.39, 0.29) is 18.0 Å². The zero-order chi connectivity index (χ0) is 18.8. The third-order valence-corrected chi connectivity index (χ3v) is 5.17. The van der Waals surface area contributed by atoms with Crippen molar-refractivity contribution in [2.24, 2.45) is 0 Å². The molecular weight excluding hydrogens is 354 g/mol. The lowest BCUT2D eigenvalue weighted by molar-refractivity contribution is 0.0816. The Hall–Kier alpha value is -2.32. The molecule has 2 aliphatic rings. The minimum Gasteiger partial charge on any atom is -0.371 e. The van der Waals surface area contributed by atoms with E-state index in [0.29, 0.717) is 24.3 Å². The maximum atomic E-state index is 13.5. The van der Waals surface area contributed by atoms with E-state index in [1.165, 1.54) is 6.07 Å². The molecule has 1 aromatic carbocycles. The van der Waals surface area contributed by atoms with Crippen molar-refractivity contribution in [2.45, 2.75) is 37.5 Å². The highest BCUT2D eigenvalue weighted by Gasteiger charge is 2.32. The Morgan fingerprint density at radius 2 is 2.15 bits per heavy atom. The van der Waals surface area contributed by atoms with Gasteiger partial charge in [0.05, 0.1) is 12.1 Å². The summed E-state index contributed by atoms with van der Waals surface area (Å²) in [5.41, 5.74) is 0.854. The number of benzene rings is 1. The van der Waals surface area contributed by atoms with E-state index in [4.69, 9.17) is 4.74 Å². The van der Waals surface area contributed by atoms with Gasteiger partial charge in [0.1, 0.15) is 11.8 Å². The van der Waals surface area contributed by atoms with E-state index >= 15 is 0 Å². The maximum absolute atomic E-state index is 13.5. The highest BCUT2D eigenvalue weighted by Crippen LogP contribution is 2.30. The van der Waals surface area contributed by atoms with E-state index in [0.717, 1.165) is 38.1 Å². The van der Waals surface area contributed by atoms with Crippen molar-refractivity contribution in [3.63, 3.8) is 0 Å². The molecular formula is C19H22F2N4O2. The zero-order valence-corrected chi connectivity index (χ0v) is 14.8. The van der Waals surface area contributed by atoms with Crippen molar-refractivity contribution >= 4 is 5.91 Å². The minimum atomic E-state index is -0.923. The van der Waals surface area contributed by atoms with Crippen LogP contribution in [0.1, 0.15) is 47.5 Å². The monoisotopic (exact) mass is 376 g/mol. The molecule has 1 aromatic heterocycles. The molecule has 2 fully saturated rings. The van der Waals surface area contributed by atoms with Gasteiger partial charge in [-0.3, -0.25) is 9.48 Å². The van der Waals surface area contributed by atoms with Crippen LogP contribution in [-0.4, -0.2) is 41.4 Å². The summed E-state index contributed by atoms with van der Waals surface area (Å²) in [7, 11) is 0. The molecule has 4 rings (SSSR count). The molecule has 2 N–H and O–H groups in total. The van der Waals surface area contributed by atoms with Gasteiger partial charge < -0.3 is 15.4 Å². The molecule has 0 spiro atoms. The molecule has 2 aromatic rings. The van der Waals surface area contributed by atoms with Crippen LogP contribution in [0, 0.1) is 11.6 Å². The van der Waals surface area contributed by atoms with E-state index in [1.807, 2.05) is 10.9 Å². The molecule has 0 radical (unpaired) electrons. The summed E-state index contributed by atoms with van der Waals surface area (Å²) < 4.78 is 34.2. The van der Waals surface area contributed by atoms with Gasteiger partial charge >= 0.3 is 0 Å². The Balaban J connectivity index is 1.44. The fourth-order valence-electron chi connectivity index (χ4n) is 3.72. The van der Waals surface area contributed by atoms with Crippen molar-refractivity contribution in [3.8, 4) is 0 Å². The van der Waals surface area contributed by atoms with Gasteiger partial charge in [0.15, 0.2) is 11.6 Å². The van der Waals surface area contributed by atoms with Crippen LogP contribution in [0.4, 0.5) is 8.78 Å². The molecule has 3 unspecified atom stereocenters. The molecule has 0 saturated carbocycles. The fraction of sp³-hybridized carbons (Fsp3) is 0.474. The molecule has 2 aliphatic heterocycles. The van der Waals surface area contributed by atoms with Crippen LogP contribution >= 0.6 is 0 Å². The normalized spacial score (nSPS) is 25.5. The first-order chi connectivity index (χ1) is 13.1. The zero-order valence-electron chi connectivity index (χ0n) is 14.8. The minimum absolute atomic E-state index is 0.255. The largest absolute Gasteiger partial charge is 0.371 e. The van der Waals surface area contributed by atoms with E-state index < -0.39 is 17.7 Å². The number of aromatic nitrogens is 2. The summed E-state index contributed by atoms with van der Waals surface area (Å²) >= 11 is 0. The molecule has 0 aliphatic carbocycles. The Kier molecular flexibility index (Phi) is 5.18. The van der Waals surface area contributed by atoms with E-state index in [1.54, 1.807) is 6.07 Å². The summed E-state index contributed by atoms with van der Waals surface area (Å²) in [6, 6.07) is 5.32. The van der Waals surface area contributed by atoms with Gasteiger partial charge in [-0.15, -0.1) is 0 Å². The van der Waals surface area contributed by atoms with Crippen molar-refractivity contribution in [1.29, 1.82) is 0 Å². The first-order valence-corrected chi connectivity index (χ1v) is 9.25. The van der Waals surface area contributed by atoms with Gasteiger partial charge in [-0.2, -0.15) is 5.10 Å². The van der Waals surface area contributed by atoms with Gasteiger partial charge in [0.25, 0.3) is 5.91 Å². The van der Waals surface area contributed by atoms with Crippen molar-refractivity contribution in [2.75, 3.05) is 19.7 Å². The Bertz CT molecular complexity index is 820. The molecule has 3 heterocycles. The van der Waals surface area contributed by atoms with Gasteiger partial charge in [0, 0.05) is 19.3 Å². The summed E-state index contributed by atoms with van der Waals surface area (Å²) in [6.45, 7) is 2.30. The predicted octanol–water partition coefficient (Wildman–Crippen LogP) is 2.35. The van der Waals surface area contributed by atoms with Crippen LogP contribution < -0.4 is 10.6 Å². The lowest BCUT2D eigenvalue weighted by Gasteiger charge is -2.23. The van der Waals surface area contributed by atoms with Crippen molar-refractivity contribution < 1.29 is 18.3 Å². The maximum Gasteiger partial charge on any atom is 0.272 e. The SMILES string of the molecule is O=C(NC1CCOC1c1ccc(F)c(F)c1)c1ccn(C2CCCNC2)n1. The topological polar surface area (TPSA) is 68.2 Å². The van der Waals surface area contributed by atoms with Gasteiger partial charge in [-0.25, -0.2) is 8.78 Å². The van der Waals surface area contributed by atoms with E-state index in [2.05, 4.69) is 15.7 Å². The molecule has 144 valence electrons. The number of piperidine rings is 1. The number of carbonyl (C=O) groups excluding carboxylic acids is 1. The molecule has 6 nitrogen and oxygen atoms in total. The van der Waals surface area contributed by atoms with Crippen LogP contribution in [0.5, 0.6) is 0 Å². The second kappa shape index (κ2) is 7.74. The number of halogens is 2. The van der Waals surface area contributed by atoms with Gasteiger partial charge in [0.2, 0.25) is 0 Å². The quantitative estimate of drug-likeness (QED) is 0.860. The first kappa shape index (κ1) is 18.1. The number of ether oxygens (including phenoxy) is 1. The molecule has 8 heteroatoms. The number of nitrogens with zero attached hydrogens (tertiary/aromatic N) is 2. The molecule has 2 saturated heterocycles. The number of hydrogen-bond donors (Lipinski definition) is 2. The Labute approximate surface area is 155 Å². The van der Waals surface area contributed by atoms with Crippen molar-refractivity contribution in [1.82, 2.24) is 20.4 Å². The molecule has 3 atom stereocenters. The highest BCUT2D eigenvalue weighted by atomic mass is 19.2. The number of nitrogens with one attached hydrogen (secondary N) is 2. The number of amides is 1. The lowest BCUT2D eigenvalue weighted by atomic mass is 10.0. The van der Waals surface area contributed by atoms with Crippen LogP contribution in [0.3, 0.4) is 0 Å². The standard InChI is InChI=1S/C19H22F2N4O2/c20-14-4-3-12(10-15(14)21)18-16(6-9-27-18)23-19(26)17-5-8-25(24-17)13-2-1-7-22-11-13/h3-5,8,10,13,16,18,22H,1-2,6-7,9,11H2,(H,23,26). The second-order valence-electron chi connectivity index (χ2n) is 7.01. The fourth-order valence-corrected chi connectivity index (χ4v) is 3.72. The lowest BCUT2D eigenvalue weighted by Crippen LogP contribution is -2.37. The van der Waals surface area contributed by atoms with Gasteiger partial charge in [-0.1, -0.05) is 6.07 Å². The summed E-state index contributed by atoms with van der Waals surface area (Å²) in [5.74, 6) is -2.12. The van der Waals surface area contributed by atoms with Crippen LogP contribution in [0.15, 0.2) is 30.5 Å². The number of rotatable bonds is 4. The van der Waals surface area contributed by atoms with Crippen LogP contribution in [-0.2, 0) is 4.74 Å². The van der Waals surface area contributed by atoms with Gasteiger partial charge in [-0.05, 0) is 49.6 Å². The predicted molar refractivity (Wildman–Crippen MR) is 94.3 cm³/mol. The number of carbonyl (C=O) groups is 1. The van der Waals surface area contributed by atoms with Crippen molar-refractivity contribution in [3.05, 3.63) is 53.4 Å². The summed E-state index contributed by atoms with van der Waals surface area (Å²) in [5, 5.41) is 10.7. The third-order valence-electron chi connectivity index (χ3n) is 5.17.